The van der Waals surface area contributed by atoms with Gasteiger partial charge in [0.05, 0.1) is 30.4 Å². The minimum absolute atomic E-state index is 0.153. The maximum absolute atomic E-state index is 13.8. The fourth-order valence-electron chi connectivity index (χ4n) is 3.79. The Hall–Kier alpha value is -1.75. The average Bonchev–Trinajstić information content (AvgIpc) is 3.02. The first-order chi connectivity index (χ1) is 10.1. The largest absolute Gasteiger partial charge is 0.393 e. The number of benzene rings is 1. The Bertz CT molecular complexity index is 682. The molecule has 5 heteroatoms. The summed E-state index contributed by atoms with van der Waals surface area (Å²) in [5.41, 5.74) is 2.98. The molecule has 0 amide bonds. The van der Waals surface area contributed by atoms with E-state index in [1.165, 1.54) is 0 Å². The third-order valence-electron chi connectivity index (χ3n) is 4.76. The molecule has 110 valence electrons. The SMILES string of the molecule is O[C@@H]1CCC(F)(F)C[C@H]1[C@H]1c2ccccc2-c2cncn21. The van der Waals surface area contributed by atoms with Crippen LogP contribution >= 0.6 is 0 Å². The number of halogens is 2. The van der Waals surface area contributed by atoms with E-state index >= 15 is 0 Å². The Morgan fingerprint density at radius 2 is 2.10 bits per heavy atom. The second kappa shape index (κ2) is 4.37. The average molecular weight is 290 g/mol. The van der Waals surface area contributed by atoms with E-state index in [1.54, 1.807) is 12.5 Å². The number of aromatic nitrogens is 2. The number of fused-ring (bicyclic) bond motifs is 3. The lowest BCUT2D eigenvalue weighted by molar-refractivity contribution is -0.0990. The fraction of sp³-hybridized carbons (Fsp3) is 0.438. The molecule has 2 aliphatic rings. The van der Waals surface area contributed by atoms with Crippen molar-refractivity contribution in [3.63, 3.8) is 0 Å². The monoisotopic (exact) mass is 290 g/mol. The van der Waals surface area contributed by atoms with Crippen LogP contribution in [0.1, 0.15) is 30.9 Å². The van der Waals surface area contributed by atoms with Crippen LogP contribution in [0.25, 0.3) is 11.3 Å². The molecule has 0 radical (unpaired) electrons. The number of imidazole rings is 1. The van der Waals surface area contributed by atoms with E-state index in [-0.39, 0.29) is 25.3 Å². The zero-order valence-electron chi connectivity index (χ0n) is 11.4. The van der Waals surface area contributed by atoms with Crippen molar-refractivity contribution in [2.24, 2.45) is 5.92 Å². The molecule has 1 aliphatic carbocycles. The third-order valence-corrected chi connectivity index (χ3v) is 4.76. The molecule has 2 aromatic rings. The second-order valence-corrected chi connectivity index (χ2v) is 6.05. The highest BCUT2D eigenvalue weighted by Crippen LogP contribution is 2.49. The summed E-state index contributed by atoms with van der Waals surface area (Å²) in [5.74, 6) is -3.17. The van der Waals surface area contributed by atoms with Gasteiger partial charge < -0.3 is 9.67 Å². The predicted octanol–water partition coefficient (Wildman–Crippen LogP) is 3.25. The summed E-state index contributed by atoms with van der Waals surface area (Å²) in [7, 11) is 0. The Morgan fingerprint density at radius 1 is 1.29 bits per heavy atom. The van der Waals surface area contributed by atoms with Crippen LogP contribution in [0.2, 0.25) is 0 Å². The van der Waals surface area contributed by atoms with Gasteiger partial charge in [0.15, 0.2) is 0 Å². The Kier molecular flexibility index (Phi) is 2.70. The molecule has 0 spiro atoms. The van der Waals surface area contributed by atoms with Crippen molar-refractivity contribution in [1.29, 1.82) is 0 Å². The topological polar surface area (TPSA) is 38.1 Å². The molecule has 0 saturated heterocycles. The van der Waals surface area contributed by atoms with Crippen molar-refractivity contribution < 1.29 is 13.9 Å². The van der Waals surface area contributed by atoms with Gasteiger partial charge in [-0.15, -0.1) is 0 Å². The highest BCUT2D eigenvalue weighted by molar-refractivity contribution is 5.69. The number of alkyl halides is 2. The van der Waals surface area contributed by atoms with E-state index < -0.39 is 17.9 Å². The van der Waals surface area contributed by atoms with E-state index in [0.29, 0.717) is 0 Å². The first kappa shape index (κ1) is 13.0. The second-order valence-electron chi connectivity index (χ2n) is 6.05. The number of nitrogens with zero attached hydrogens (tertiary/aromatic N) is 2. The van der Waals surface area contributed by atoms with Crippen LogP contribution in [0.3, 0.4) is 0 Å². The first-order valence-corrected chi connectivity index (χ1v) is 7.24. The van der Waals surface area contributed by atoms with Gasteiger partial charge in [0.2, 0.25) is 5.92 Å². The maximum Gasteiger partial charge on any atom is 0.248 e. The molecule has 1 fully saturated rings. The maximum atomic E-state index is 13.8. The van der Waals surface area contributed by atoms with Gasteiger partial charge in [-0.1, -0.05) is 24.3 Å². The van der Waals surface area contributed by atoms with Crippen molar-refractivity contribution >= 4 is 0 Å². The van der Waals surface area contributed by atoms with Crippen LogP contribution < -0.4 is 0 Å². The number of hydrogen-bond acceptors (Lipinski definition) is 2. The van der Waals surface area contributed by atoms with E-state index in [1.807, 2.05) is 28.8 Å². The molecule has 0 bridgehead atoms. The number of hydrogen-bond donors (Lipinski definition) is 1. The zero-order valence-corrected chi connectivity index (χ0v) is 11.4. The summed E-state index contributed by atoms with van der Waals surface area (Å²) in [5, 5.41) is 10.3. The van der Waals surface area contributed by atoms with Crippen molar-refractivity contribution in [3.8, 4) is 11.3 Å². The molecule has 2 heterocycles. The van der Waals surface area contributed by atoms with Gasteiger partial charge in [-0.05, 0) is 12.0 Å². The van der Waals surface area contributed by atoms with Gasteiger partial charge >= 0.3 is 0 Å². The Labute approximate surface area is 121 Å². The molecule has 0 unspecified atom stereocenters. The Morgan fingerprint density at radius 3 is 2.95 bits per heavy atom. The fourth-order valence-corrected chi connectivity index (χ4v) is 3.79. The first-order valence-electron chi connectivity index (χ1n) is 7.24. The summed E-state index contributed by atoms with van der Waals surface area (Å²) in [4.78, 5) is 4.14. The molecule has 1 aliphatic heterocycles. The molecule has 3 nitrogen and oxygen atoms in total. The van der Waals surface area contributed by atoms with Crippen molar-refractivity contribution in [2.45, 2.75) is 37.3 Å². The van der Waals surface area contributed by atoms with Gasteiger partial charge in [-0.3, -0.25) is 0 Å². The summed E-state index contributed by atoms with van der Waals surface area (Å²) >= 11 is 0. The van der Waals surface area contributed by atoms with Crippen LogP contribution in [-0.2, 0) is 0 Å². The lowest BCUT2D eigenvalue weighted by atomic mass is 9.77. The van der Waals surface area contributed by atoms with Gasteiger partial charge in [-0.2, -0.15) is 0 Å². The molecule has 1 aromatic carbocycles. The minimum atomic E-state index is -2.69. The van der Waals surface area contributed by atoms with Gasteiger partial charge in [0, 0.05) is 24.3 Å². The molecule has 1 aromatic heterocycles. The van der Waals surface area contributed by atoms with Gasteiger partial charge in [0.25, 0.3) is 0 Å². The number of aliphatic hydroxyl groups excluding tert-OH is 1. The molecular formula is C16H16F2N2O. The van der Waals surface area contributed by atoms with E-state index in [4.69, 9.17) is 0 Å². The van der Waals surface area contributed by atoms with E-state index in [0.717, 1.165) is 16.8 Å². The highest BCUT2D eigenvalue weighted by Gasteiger charge is 2.47. The van der Waals surface area contributed by atoms with Crippen LogP contribution in [-0.4, -0.2) is 26.7 Å². The normalized spacial score (nSPS) is 30.0. The standard InChI is InChI=1S/C16H16F2N2O/c17-16(18)6-5-14(21)12(7-16)15-11-4-2-1-3-10(11)13-8-19-9-20(13)15/h1-4,8-9,12,14-15,21H,5-7H2/t12-,14-,15-/m1/s1. The summed E-state index contributed by atoms with van der Waals surface area (Å²) in [6.07, 6.45) is 2.39. The number of aliphatic hydroxyl groups is 1. The van der Waals surface area contributed by atoms with Crippen LogP contribution in [0, 0.1) is 5.92 Å². The van der Waals surface area contributed by atoms with Crippen LogP contribution in [0.4, 0.5) is 8.78 Å². The molecule has 3 atom stereocenters. The minimum Gasteiger partial charge on any atom is -0.393 e. The third kappa shape index (κ3) is 1.91. The zero-order chi connectivity index (χ0) is 14.6. The van der Waals surface area contributed by atoms with Crippen molar-refractivity contribution in [3.05, 3.63) is 42.4 Å². The predicted molar refractivity (Wildman–Crippen MR) is 74.1 cm³/mol. The smallest absolute Gasteiger partial charge is 0.248 e. The molecule has 1 saturated carbocycles. The van der Waals surface area contributed by atoms with E-state index in [2.05, 4.69) is 4.98 Å². The molecule has 4 rings (SSSR count). The molecular weight excluding hydrogens is 274 g/mol. The lowest BCUT2D eigenvalue weighted by Crippen LogP contribution is -2.40. The Balaban J connectivity index is 1.82. The lowest BCUT2D eigenvalue weighted by Gasteiger charge is -2.37. The van der Waals surface area contributed by atoms with Crippen molar-refractivity contribution in [1.82, 2.24) is 9.55 Å². The van der Waals surface area contributed by atoms with E-state index in [9.17, 15) is 13.9 Å². The quantitative estimate of drug-likeness (QED) is 0.875. The molecule has 21 heavy (non-hydrogen) atoms. The van der Waals surface area contributed by atoms with Crippen LogP contribution in [0.15, 0.2) is 36.8 Å². The van der Waals surface area contributed by atoms with Gasteiger partial charge in [0.1, 0.15) is 0 Å². The number of rotatable bonds is 1. The highest BCUT2D eigenvalue weighted by atomic mass is 19.3. The molecule has 1 N–H and O–H groups in total. The van der Waals surface area contributed by atoms with Gasteiger partial charge in [-0.25, -0.2) is 13.8 Å². The van der Waals surface area contributed by atoms with Crippen molar-refractivity contribution in [2.75, 3.05) is 0 Å². The van der Waals surface area contributed by atoms with Crippen LogP contribution in [0.5, 0.6) is 0 Å². The summed E-state index contributed by atoms with van der Waals surface area (Å²) in [6, 6.07) is 7.55. The summed E-state index contributed by atoms with van der Waals surface area (Å²) in [6.45, 7) is 0. The summed E-state index contributed by atoms with van der Waals surface area (Å²) < 4.78 is 29.6.